The zero-order chi connectivity index (χ0) is 26.2. The van der Waals surface area contributed by atoms with Crippen molar-refractivity contribution in [1.29, 1.82) is 0 Å². The number of carbonyl (C=O) groups is 1. The highest BCUT2D eigenvalue weighted by Gasteiger charge is 2.22. The first kappa shape index (κ1) is 30.3. The van der Waals surface area contributed by atoms with Gasteiger partial charge in [0.15, 0.2) is 5.78 Å². The molecule has 0 fully saturated rings. The first-order chi connectivity index (χ1) is 17.4. The zero-order valence-electron chi connectivity index (χ0n) is 21.7. The molecule has 0 bridgehead atoms. The number of Topliss-reactive ketones (excluding diaryl/α,β-unsaturated/α-hetero) is 1. The fraction of sp³-hybridized carbons (Fsp3) is 0.621. The van der Waals surface area contributed by atoms with Crippen LogP contribution in [0.5, 0.6) is 5.75 Å². The predicted octanol–water partition coefficient (Wildman–Crippen LogP) is 7.57. The fourth-order valence-electron chi connectivity index (χ4n) is 4.79. The Labute approximate surface area is 217 Å². The van der Waals surface area contributed by atoms with Gasteiger partial charge in [-0.05, 0) is 25.5 Å². The van der Waals surface area contributed by atoms with Gasteiger partial charge in [0, 0.05) is 17.2 Å². The van der Waals surface area contributed by atoms with E-state index >= 15 is 0 Å². The van der Waals surface area contributed by atoms with Crippen molar-refractivity contribution in [3.8, 4) is 5.75 Å². The number of phenols is 1. The monoisotopic (exact) mass is 519 g/mol. The Morgan fingerprint density at radius 2 is 1.11 bits per heavy atom. The molecule has 202 valence electrons. The zero-order valence-corrected chi connectivity index (χ0v) is 22.5. The number of aromatic hydroxyl groups is 1. The molecule has 0 aliphatic rings. The lowest BCUT2D eigenvalue weighted by atomic mass is 9.98. The molecule has 0 unspecified atom stereocenters. The molecule has 0 spiro atoms. The number of unbranched alkanes of at least 4 members (excludes halogenated alkanes) is 15. The smallest absolute Gasteiger partial charge is 0.295 e. The van der Waals surface area contributed by atoms with E-state index < -0.39 is 10.1 Å². The molecule has 6 nitrogen and oxygen atoms in total. The van der Waals surface area contributed by atoms with E-state index in [2.05, 4.69) is 0 Å². The third kappa shape index (κ3) is 10.6. The van der Waals surface area contributed by atoms with Gasteiger partial charge in [0.25, 0.3) is 10.1 Å². The van der Waals surface area contributed by atoms with Crippen LogP contribution in [0.15, 0.2) is 35.2 Å². The number of carbonyl (C=O) groups excluding carboxylic acids is 1. The van der Waals surface area contributed by atoms with E-state index in [-0.39, 0.29) is 39.2 Å². The number of ketones is 1. The Morgan fingerprint density at radius 1 is 0.694 bits per heavy atom. The standard InChI is InChI=1S/C29H45NO5S/c30-22-18-14-12-10-8-6-4-2-1-3-5-7-9-11-13-15-21-27(31)26-23-28(36(33,34)35)24-19-16-17-20-25(24)29(26)32/h16-17,19-20,23,32H,1-15,18,21-22,30H2,(H,33,34,35). The molecule has 0 heterocycles. The van der Waals surface area contributed by atoms with Gasteiger partial charge < -0.3 is 10.8 Å². The highest BCUT2D eigenvalue weighted by Crippen LogP contribution is 2.34. The van der Waals surface area contributed by atoms with Crippen LogP contribution in [0.4, 0.5) is 0 Å². The van der Waals surface area contributed by atoms with Crippen LogP contribution < -0.4 is 5.73 Å². The Morgan fingerprint density at radius 3 is 1.56 bits per heavy atom. The van der Waals surface area contributed by atoms with Crippen molar-refractivity contribution in [2.24, 2.45) is 5.73 Å². The summed E-state index contributed by atoms with van der Waals surface area (Å²) in [5.41, 5.74) is 5.46. The third-order valence-corrected chi connectivity index (χ3v) is 7.81. The summed E-state index contributed by atoms with van der Waals surface area (Å²) in [5.74, 6) is -0.538. The van der Waals surface area contributed by atoms with Gasteiger partial charge >= 0.3 is 0 Å². The second kappa shape index (κ2) is 16.7. The number of rotatable bonds is 20. The van der Waals surface area contributed by atoms with Crippen molar-refractivity contribution in [1.82, 2.24) is 0 Å². The van der Waals surface area contributed by atoms with Crippen LogP contribution in [-0.4, -0.2) is 30.4 Å². The maximum Gasteiger partial charge on any atom is 0.295 e. The molecule has 0 aromatic heterocycles. The fourth-order valence-corrected chi connectivity index (χ4v) is 5.51. The molecule has 0 radical (unpaired) electrons. The van der Waals surface area contributed by atoms with Gasteiger partial charge in [0.1, 0.15) is 10.6 Å². The topological polar surface area (TPSA) is 118 Å². The number of hydrogen-bond acceptors (Lipinski definition) is 5. The van der Waals surface area contributed by atoms with Crippen molar-refractivity contribution in [3.05, 3.63) is 35.9 Å². The number of nitrogens with two attached hydrogens (primary N) is 1. The first-order valence-electron chi connectivity index (χ1n) is 13.8. The molecule has 2 rings (SSSR count). The summed E-state index contributed by atoms with van der Waals surface area (Å²) in [6.45, 7) is 0.819. The minimum absolute atomic E-state index is 0.0482. The lowest BCUT2D eigenvalue weighted by Gasteiger charge is -2.11. The van der Waals surface area contributed by atoms with E-state index in [0.29, 0.717) is 6.42 Å². The van der Waals surface area contributed by atoms with Crippen molar-refractivity contribution in [3.63, 3.8) is 0 Å². The van der Waals surface area contributed by atoms with E-state index in [9.17, 15) is 22.9 Å². The number of phenolic OH excluding ortho intramolecular Hbond substituents is 1. The minimum Gasteiger partial charge on any atom is -0.507 e. The van der Waals surface area contributed by atoms with E-state index in [4.69, 9.17) is 5.73 Å². The number of fused-ring (bicyclic) bond motifs is 1. The molecule has 0 saturated heterocycles. The molecule has 2 aromatic carbocycles. The first-order valence-corrected chi connectivity index (χ1v) is 15.3. The van der Waals surface area contributed by atoms with Gasteiger partial charge in [-0.2, -0.15) is 8.42 Å². The van der Waals surface area contributed by atoms with E-state index in [1.165, 1.54) is 76.7 Å². The Hall–Kier alpha value is -1.96. The molecule has 0 atom stereocenters. The van der Waals surface area contributed by atoms with Crippen molar-refractivity contribution in [2.45, 2.75) is 114 Å². The Kier molecular flexibility index (Phi) is 14.1. The molecule has 7 heteroatoms. The largest absolute Gasteiger partial charge is 0.507 e. The molecule has 2 aromatic rings. The van der Waals surface area contributed by atoms with Crippen molar-refractivity contribution >= 4 is 26.7 Å². The minimum atomic E-state index is -4.52. The van der Waals surface area contributed by atoms with Gasteiger partial charge in [-0.25, -0.2) is 0 Å². The SMILES string of the molecule is NCCCCCCCCCCCCCCCCCCC(=O)c1cc(S(=O)(=O)O)c2ccccc2c1O. The van der Waals surface area contributed by atoms with Crippen LogP contribution in [0.3, 0.4) is 0 Å². The molecule has 0 saturated carbocycles. The molecule has 0 aliphatic carbocycles. The molecule has 0 aliphatic heterocycles. The summed E-state index contributed by atoms with van der Waals surface area (Å²) < 4.78 is 33.2. The predicted molar refractivity (Wildman–Crippen MR) is 147 cm³/mol. The summed E-state index contributed by atoms with van der Waals surface area (Å²) in [7, 11) is -4.52. The average molecular weight is 520 g/mol. The maximum atomic E-state index is 12.7. The van der Waals surface area contributed by atoms with Crippen LogP contribution in [0.1, 0.15) is 120 Å². The van der Waals surface area contributed by atoms with E-state index in [0.717, 1.165) is 38.3 Å². The van der Waals surface area contributed by atoms with Crippen LogP contribution in [-0.2, 0) is 10.1 Å². The average Bonchev–Trinajstić information content (AvgIpc) is 2.85. The number of hydrogen-bond donors (Lipinski definition) is 3. The van der Waals surface area contributed by atoms with Crippen LogP contribution in [0.25, 0.3) is 10.8 Å². The molecule has 36 heavy (non-hydrogen) atoms. The second-order valence-corrected chi connectivity index (χ2v) is 11.3. The Balaban J connectivity index is 1.58. The maximum absolute atomic E-state index is 12.7. The highest BCUT2D eigenvalue weighted by atomic mass is 32.2. The van der Waals surface area contributed by atoms with Gasteiger partial charge in [-0.15, -0.1) is 0 Å². The molecular formula is C29H45NO5S. The van der Waals surface area contributed by atoms with Crippen molar-refractivity contribution < 1.29 is 22.9 Å². The summed E-state index contributed by atoms with van der Waals surface area (Å²) in [6.07, 6.45) is 19.7. The molecule has 4 N–H and O–H groups in total. The van der Waals surface area contributed by atoms with Gasteiger partial charge in [0.2, 0.25) is 0 Å². The second-order valence-electron chi connectivity index (χ2n) is 9.91. The quantitative estimate of drug-likeness (QED) is 0.0943. The summed E-state index contributed by atoms with van der Waals surface area (Å²) >= 11 is 0. The summed E-state index contributed by atoms with van der Waals surface area (Å²) in [5, 5.41) is 11.0. The lowest BCUT2D eigenvalue weighted by molar-refractivity contribution is 0.0976. The molecular weight excluding hydrogens is 474 g/mol. The lowest BCUT2D eigenvalue weighted by Crippen LogP contribution is -2.05. The van der Waals surface area contributed by atoms with E-state index in [1.807, 2.05) is 0 Å². The summed E-state index contributed by atoms with van der Waals surface area (Å²) in [6, 6.07) is 7.41. The van der Waals surface area contributed by atoms with Gasteiger partial charge in [-0.1, -0.05) is 114 Å². The van der Waals surface area contributed by atoms with Crippen LogP contribution in [0, 0.1) is 0 Å². The third-order valence-electron chi connectivity index (χ3n) is 6.91. The van der Waals surface area contributed by atoms with Gasteiger partial charge in [-0.3, -0.25) is 9.35 Å². The van der Waals surface area contributed by atoms with Gasteiger partial charge in [0.05, 0.1) is 5.56 Å². The van der Waals surface area contributed by atoms with Crippen LogP contribution in [0.2, 0.25) is 0 Å². The number of benzene rings is 2. The van der Waals surface area contributed by atoms with Crippen LogP contribution >= 0.6 is 0 Å². The van der Waals surface area contributed by atoms with Crippen molar-refractivity contribution in [2.75, 3.05) is 6.54 Å². The summed E-state index contributed by atoms with van der Waals surface area (Å²) in [4.78, 5) is 12.4. The molecule has 0 amide bonds. The van der Waals surface area contributed by atoms with E-state index in [1.54, 1.807) is 18.2 Å². The Bertz CT molecular complexity index is 1040. The normalized spacial score (nSPS) is 11.8. The highest BCUT2D eigenvalue weighted by molar-refractivity contribution is 7.86.